The Labute approximate surface area is 288 Å². The van der Waals surface area contributed by atoms with Crippen LogP contribution >= 0.6 is 11.6 Å². The average Bonchev–Trinajstić information content (AvgIpc) is 3.09. The lowest BCUT2D eigenvalue weighted by atomic mass is 9.97. The summed E-state index contributed by atoms with van der Waals surface area (Å²) in [4.78, 5) is 78.5. The number of phenols is 1. The Hall–Kier alpha value is -5.17. The molecule has 13 nitrogen and oxygen atoms in total. The minimum Gasteiger partial charge on any atom is -0.508 e. The molecule has 0 bridgehead atoms. The number of rotatable bonds is 15. The van der Waals surface area contributed by atoms with E-state index in [1.807, 2.05) is 42.5 Å². The van der Waals surface area contributed by atoms with E-state index in [0.29, 0.717) is 18.4 Å². The predicted octanol–water partition coefficient (Wildman–Crippen LogP) is 1.75. The number of carboxylic acids is 1. The molecule has 3 aromatic rings. The average molecular weight is 694 g/mol. The van der Waals surface area contributed by atoms with Gasteiger partial charge in [0.15, 0.2) is 0 Å². The number of likely N-dealkylation sites (tertiary alicyclic amines) is 1. The van der Waals surface area contributed by atoms with Crippen LogP contribution < -0.4 is 21.7 Å². The SMILES string of the molecule is NC(=O)C(Cc1ccc(O)cc1)NC(=O)C(Cc1ccc2ccccc2c1)NC(=O)[C@@H]1CCCCN1C(=O)C(CCC(=O)O)NC(=O)CCl. The third kappa shape index (κ3) is 10.4. The van der Waals surface area contributed by atoms with Gasteiger partial charge in [0.05, 0.1) is 0 Å². The van der Waals surface area contributed by atoms with Crippen molar-refractivity contribution in [2.24, 2.45) is 5.73 Å². The van der Waals surface area contributed by atoms with Gasteiger partial charge in [-0.1, -0.05) is 54.6 Å². The highest BCUT2D eigenvalue weighted by Crippen LogP contribution is 2.21. The minimum atomic E-state index is -1.22. The number of amides is 5. The van der Waals surface area contributed by atoms with Gasteiger partial charge in [0.25, 0.3) is 0 Å². The summed E-state index contributed by atoms with van der Waals surface area (Å²) in [5, 5.41) is 28.6. The lowest BCUT2D eigenvalue weighted by Gasteiger charge is -2.37. The molecule has 0 radical (unpaired) electrons. The molecule has 7 N–H and O–H groups in total. The Balaban J connectivity index is 1.59. The normalized spacial score (nSPS) is 16.2. The molecule has 1 aliphatic heterocycles. The van der Waals surface area contributed by atoms with E-state index >= 15 is 0 Å². The number of aliphatic carboxylic acids is 1. The second kappa shape index (κ2) is 17.3. The first-order valence-corrected chi connectivity index (χ1v) is 16.5. The fourth-order valence-electron chi connectivity index (χ4n) is 5.87. The number of hydrogen-bond donors (Lipinski definition) is 6. The van der Waals surface area contributed by atoms with Crippen LogP contribution in [0.1, 0.15) is 43.2 Å². The van der Waals surface area contributed by atoms with Crippen LogP contribution in [-0.2, 0) is 41.6 Å². The Morgan fingerprint density at radius 2 is 1.51 bits per heavy atom. The molecule has 3 aromatic carbocycles. The second-order valence-corrected chi connectivity index (χ2v) is 12.3. The first-order valence-electron chi connectivity index (χ1n) is 16.0. The number of benzene rings is 3. The number of nitrogens with two attached hydrogens (primary N) is 1. The van der Waals surface area contributed by atoms with Crippen molar-refractivity contribution < 1.29 is 39.0 Å². The predicted molar refractivity (Wildman–Crippen MR) is 181 cm³/mol. The second-order valence-electron chi connectivity index (χ2n) is 12.0. The van der Waals surface area contributed by atoms with Gasteiger partial charge in [-0.05, 0) is 59.7 Å². The number of phenolic OH excluding ortho intramolecular Hbond substituents is 1. The highest BCUT2D eigenvalue weighted by Gasteiger charge is 2.38. The number of nitrogens with zero attached hydrogens (tertiary/aromatic N) is 1. The first kappa shape index (κ1) is 36.7. The van der Waals surface area contributed by atoms with E-state index in [1.165, 1.54) is 17.0 Å². The zero-order valence-corrected chi connectivity index (χ0v) is 27.5. The molecule has 1 heterocycles. The highest BCUT2D eigenvalue weighted by molar-refractivity contribution is 6.27. The fraction of sp³-hybridized carbons (Fsp3) is 0.371. The van der Waals surface area contributed by atoms with E-state index in [-0.39, 0.29) is 38.0 Å². The van der Waals surface area contributed by atoms with E-state index in [0.717, 1.165) is 16.3 Å². The smallest absolute Gasteiger partial charge is 0.303 e. The van der Waals surface area contributed by atoms with Gasteiger partial charge in [-0.25, -0.2) is 0 Å². The van der Waals surface area contributed by atoms with Crippen LogP contribution in [0.25, 0.3) is 10.8 Å². The number of alkyl halides is 1. The monoisotopic (exact) mass is 693 g/mol. The molecule has 0 aromatic heterocycles. The molecule has 3 unspecified atom stereocenters. The molecular formula is C35H40ClN5O8. The quantitative estimate of drug-likeness (QED) is 0.129. The van der Waals surface area contributed by atoms with Crippen molar-refractivity contribution >= 4 is 57.9 Å². The van der Waals surface area contributed by atoms with Crippen LogP contribution in [0.2, 0.25) is 0 Å². The minimum absolute atomic E-state index is 0.0337. The van der Waals surface area contributed by atoms with E-state index in [4.69, 9.17) is 17.3 Å². The summed E-state index contributed by atoms with van der Waals surface area (Å²) >= 11 is 5.63. The molecular weight excluding hydrogens is 654 g/mol. The van der Waals surface area contributed by atoms with Crippen molar-refractivity contribution in [3.63, 3.8) is 0 Å². The summed E-state index contributed by atoms with van der Waals surface area (Å²) in [5.74, 6) is -4.95. The number of carbonyl (C=O) groups excluding carboxylic acids is 5. The van der Waals surface area contributed by atoms with Crippen molar-refractivity contribution in [2.75, 3.05) is 12.4 Å². The molecule has 0 spiro atoms. The number of piperidine rings is 1. The number of fused-ring (bicyclic) bond motifs is 1. The maximum atomic E-state index is 13.9. The lowest BCUT2D eigenvalue weighted by Crippen LogP contribution is -2.60. The van der Waals surface area contributed by atoms with E-state index in [2.05, 4.69) is 16.0 Å². The molecule has 0 aliphatic carbocycles. The molecule has 260 valence electrons. The molecule has 5 amide bonds. The topological polar surface area (TPSA) is 208 Å². The van der Waals surface area contributed by atoms with Gasteiger partial charge < -0.3 is 36.8 Å². The largest absolute Gasteiger partial charge is 0.508 e. The molecule has 0 saturated carbocycles. The van der Waals surface area contributed by atoms with Gasteiger partial charge in [-0.2, -0.15) is 0 Å². The number of aromatic hydroxyl groups is 1. The first-order chi connectivity index (χ1) is 23.4. The molecule has 4 atom stereocenters. The number of primary amides is 1. The van der Waals surface area contributed by atoms with Gasteiger partial charge in [-0.15, -0.1) is 11.6 Å². The van der Waals surface area contributed by atoms with Crippen molar-refractivity contribution in [3.05, 3.63) is 77.9 Å². The molecule has 1 fully saturated rings. The molecule has 49 heavy (non-hydrogen) atoms. The third-order valence-corrected chi connectivity index (χ3v) is 8.66. The van der Waals surface area contributed by atoms with Crippen LogP contribution in [0.15, 0.2) is 66.7 Å². The molecule has 14 heteroatoms. The fourth-order valence-corrected chi connectivity index (χ4v) is 5.94. The number of nitrogens with one attached hydrogen (secondary N) is 3. The summed E-state index contributed by atoms with van der Waals surface area (Å²) < 4.78 is 0. The van der Waals surface area contributed by atoms with Crippen LogP contribution in [0.3, 0.4) is 0 Å². The van der Waals surface area contributed by atoms with E-state index in [9.17, 15) is 39.0 Å². The van der Waals surface area contributed by atoms with Crippen molar-refractivity contribution in [3.8, 4) is 5.75 Å². The molecule has 1 aliphatic rings. The Bertz CT molecular complexity index is 1680. The van der Waals surface area contributed by atoms with Crippen LogP contribution in [-0.4, -0.2) is 87.2 Å². The van der Waals surface area contributed by atoms with Crippen molar-refractivity contribution in [2.45, 2.75) is 69.1 Å². The number of carbonyl (C=O) groups is 6. The summed E-state index contributed by atoms with van der Waals surface area (Å²) in [6.07, 6.45) is 0.918. The standard InChI is InChI=1S/C35H40ClN5O8/c36-20-30(43)38-26(14-15-31(44)45)35(49)41-16-4-3-7-29(41)34(48)40-28(19-22-8-11-23-5-1-2-6-24(23)17-22)33(47)39-27(32(37)46)18-21-9-12-25(42)13-10-21/h1-2,5-6,8-13,17,26-29,42H,3-4,7,14-16,18-20H2,(H2,37,46)(H,38,43)(H,39,47)(H,40,48)(H,44,45)/t26?,27?,28?,29-/m0/s1. The van der Waals surface area contributed by atoms with E-state index in [1.54, 1.807) is 12.1 Å². The number of hydrogen-bond acceptors (Lipinski definition) is 7. The van der Waals surface area contributed by atoms with Crippen LogP contribution in [0, 0.1) is 0 Å². The maximum Gasteiger partial charge on any atom is 0.303 e. The van der Waals surface area contributed by atoms with Gasteiger partial charge in [-0.3, -0.25) is 28.8 Å². The lowest BCUT2D eigenvalue weighted by molar-refractivity contribution is -0.146. The Morgan fingerprint density at radius 1 is 0.837 bits per heavy atom. The van der Waals surface area contributed by atoms with Gasteiger partial charge >= 0.3 is 5.97 Å². The zero-order valence-electron chi connectivity index (χ0n) is 26.8. The number of carboxylic acid groups (broad SMARTS) is 1. The summed E-state index contributed by atoms with van der Waals surface area (Å²) in [6, 6.07) is 14.8. The summed E-state index contributed by atoms with van der Waals surface area (Å²) in [5.41, 5.74) is 7.01. The molecule has 1 saturated heterocycles. The van der Waals surface area contributed by atoms with Crippen LogP contribution in [0.4, 0.5) is 0 Å². The highest BCUT2D eigenvalue weighted by atomic mass is 35.5. The maximum absolute atomic E-state index is 13.9. The summed E-state index contributed by atoms with van der Waals surface area (Å²) in [6.45, 7) is 0.176. The summed E-state index contributed by atoms with van der Waals surface area (Å²) in [7, 11) is 0. The van der Waals surface area contributed by atoms with Crippen LogP contribution in [0.5, 0.6) is 5.75 Å². The number of halogens is 1. The Kier molecular flexibility index (Phi) is 12.9. The zero-order chi connectivity index (χ0) is 35.5. The van der Waals surface area contributed by atoms with Crippen molar-refractivity contribution in [1.82, 2.24) is 20.9 Å². The molecule has 4 rings (SSSR count). The Morgan fingerprint density at radius 3 is 2.18 bits per heavy atom. The van der Waals surface area contributed by atoms with Gasteiger partial charge in [0, 0.05) is 25.8 Å². The van der Waals surface area contributed by atoms with Crippen molar-refractivity contribution in [1.29, 1.82) is 0 Å². The third-order valence-electron chi connectivity index (χ3n) is 8.41. The van der Waals surface area contributed by atoms with Gasteiger partial charge in [0.2, 0.25) is 29.5 Å². The van der Waals surface area contributed by atoms with E-state index < -0.39 is 72.0 Å². The van der Waals surface area contributed by atoms with Gasteiger partial charge in [0.1, 0.15) is 35.8 Å².